The minimum atomic E-state index is -0.647. The number of benzene rings is 1. The fourth-order valence-electron chi connectivity index (χ4n) is 1.29. The van der Waals surface area contributed by atoms with Crippen molar-refractivity contribution in [3.63, 3.8) is 0 Å². The highest BCUT2D eigenvalue weighted by atomic mass is 79.9. The van der Waals surface area contributed by atoms with Gasteiger partial charge in [0.1, 0.15) is 5.75 Å². The van der Waals surface area contributed by atoms with Gasteiger partial charge in [-0.1, -0.05) is 12.1 Å². The second kappa shape index (κ2) is 5.25. The molecule has 0 amide bonds. The standard InChI is InChI=1S/C12H9BrFNO2/c13-9-3-1-2-4-10(9)17-12-11(14)8(7-16)5-6-15-12/h1-6,16H,7H2. The van der Waals surface area contributed by atoms with E-state index >= 15 is 0 Å². The van der Waals surface area contributed by atoms with Crippen LogP contribution in [0, 0.1) is 5.82 Å². The third kappa shape index (κ3) is 2.62. The normalized spacial score (nSPS) is 10.3. The van der Waals surface area contributed by atoms with Crippen molar-refractivity contribution >= 4 is 15.9 Å². The zero-order valence-corrected chi connectivity index (χ0v) is 10.3. The molecule has 1 aromatic heterocycles. The predicted molar refractivity (Wildman–Crippen MR) is 64.3 cm³/mol. The summed E-state index contributed by atoms with van der Waals surface area (Å²) in [5, 5.41) is 8.93. The fourth-order valence-corrected chi connectivity index (χ4v) is 1.65. The highest BCUT2D eigenvalue weighted by molar-refractivity contribution is 9.10. The van der Waals surface area contributed by atoms with Crippen LogP contribution in [-0.2, 0) is 6.61 Å². The van der Waals surface area contributed by atoms with Crippen molar-refractivity contribution in [3.05, 3.63) is 52.4 Å². The molecule has 2 rings (SSSR count). The third-order valence-corrected chi connectivity index (χ3v) is 2.81. The molecular weight excluding hydrogens is 289 g/mol. The van der Waals surface area contributed by atoms with Crippen LogP contribution in [0.1, 0.15) is 5.56 Å². The first kappa shape index (κ1) is 12.0. The summed E-state index contributed by atoms with van der Waals surface area (Å²) in [6, 6.07) is 8.47. The Labute approximate surface area is 106 Å². The summed E-state index contributed by atoms with van der Waals surface area (Å²) < 4.78 is 19.8. The van der Waals surface area contributed by atoms with Crippen molar-refractivity contribution in [2.24, 2.45) is 0 Å². The van der Waals surface area contributed by atoms with Gasteiger partial charge >= 0.3 is 0 Å². The maximum absolute atomic E-state index is 13.7. The number of aromatic nitrogens is 1. The summed E-state index contributed by atoms with van der Waals surface area (Å²) in [6.45, 7) is -0.388. The van der Waals surface area contributed by atoms with E-state index in [4.69, 9.17) is 9.84 Å². The molecule has 1 N–H and O–H groups in total. The van der Waals surface area contributed by atoms with Crippen LogP contribution in [0.25, 0.3) is 0 Å². The Morgan fingerprint density at radius 3 is 2.76 bits per heavy atom. The average Bonchev–Trinajstić information content (AvgIpc) is 2.34. The van der Waals surface area contributed by atoms with Gasteiger partial charge in [0.25, 0.3) is 5.88 Å². The maximum atomic E-state index is 13.7. The van der Waals surface area contributed by atoms with Crippen LogP contribution in [-0.4, -0.2) is 10.1 Å². The van der Waals surface area contributed by atoms with E-state index in [1.165, 1.54) is 12.3 Å². The van der Waals surface area contributed by atoms with Crippen LogP contribution in [0.2, 0.25) is 0 Å². The topological polar surface area (TPSA) is 42.4 Å². The minimum absolute atomic E-state index is 0.150. The summed E-state index contributed by atoms with van der Waals surface area (Å²) in [7, 11) is 0. The second-order valence-electron chi connectivity index (χ2n) is 3.28. The van der Waals surface area contributed by atoms with Gasteiger partial charge in [-0.05, 0) is 34.1 Å². The van der Waals surface area contributed by atoms with Crippen molar-refractivity contribution < 1.29 is 14.2 Å². The predicted octanol–water partition coefficient (Wildman–Crippen LogP) is 3.27. The summed E-state index contributed by atoms with van der Waals surface area (Å²) in [5.41, 5.74) is 0.155. The van der Waals surface area contributed by atoms with Gasteiger partial charge in [-0.25, -0.2) is 9.37 Å². The van der Waals surface area contributed by atoms with Gasteiger partial charge in [0.15, 0.2) is 5.82 Å². The molecular formula is C12H9BrFNO2. The zero-order chi connectivity index (χ0) is 12.3. The number of aliphatic hydroxyl groups excluding tert-OH is 1. The van der Waals surface area contributed by atoms with Gasteiger partial charge < -0.3 is 9.84 Å². The number of hydrogen-bond acceptors (Lipinski definition) is 3. The lowest BCUT2D eigenvalue weighted by atomic mass is 10.2. The number of pyridine rings is 1. The van der Waals surface area contributed by atoms with Crippen LogP contribution in [0.4, 0.5) is 4.39 Å². The minimum Gasteiger partial charge on any atom is -0.435 e. The molecule has 0 aliphatic rings. The van der Waals surface area contributed by atoms with Gasteiger partial charge in [0, 0.05) is 11.8 Å². The molecule has 1 heterocycles. The van der Waals surface area contributed by atoms with E-state index in [9.17, 15) is 4.39 Å². The lowest BCUT2D eigenvalue weighted by Gasteiger charge is -2.08. The van der Waals surface area contributed by atoms with E-state index in [0.717, 1.165) is 0 Å². The number of ether oxygens (including phenoxy) is 1. The van der Waals surface area contributed by atoms with Gasteiger partial charge in [0.05, 0.1) is 11.1 Å². The Balaban J connectivity index is 2.34. The lowest BCUT2D eigenvalue weighted by molar-refractivity contribution is 0.273. The van der Waals surface area contributed by atoms with E-state index < -0.39 is 5.82 Å². The van der Waals surface area contributed by atoms with E-state index in [2.05, 4.69) is 20.9 Å². The van der Waals surface area contributed by atoms with Crippen LogP contribution in [0.3, 0.4) is 0 Å². The number of aliphatic hydroxyl groups is 1. The Morgan fingerprint density at radius 1 is 1.29 bits per heavy atom. The molecule has 88 valence electrons. The summed E-state index contributed by atoms with van der Waals surface area (Å²) >= 11 is 3.29. The first-order valence-corrected chi connectivity index (χ1v) is 5.68. The molecule has 0 aliphatic carbocycles. The Kier molecular flexibility index (Phi) is 3.71. The van der Waals surface area contributed by atoms with Crippen molar-refractivity contribution in [1.29, 1.82) is 0 Å². The number of rotatable bonds is 3. The van der Waals surface area contributed by atoms with Crippen LogP contribution < -0.4 is 4.74 Å². The highest BCUT2D eigenvalue weighted by Gasteiger charge is 2.12. The molecule has 2 aromatic rings. The van der Waals surface area contributed by atoms with Gasteiger partial charge in [-0.2, -0.15) is 0 Å². The number of nitrogens with zero attached hydrogens (tertiary/aromatic N) is 1. The van der Waals surface area contributed by atoms with E-state index in [-0.39, 0.29) is 18.1 Å². The molecule has 0 saturated carbocycles. The zero-order valence-electron chi connectivity index (χ0n) is 8.73. The molecule has 0 unspecified atom stereocenters. The van der Waals surface area contributed by atoms with Gasteiger partial charge in [0.2, 0.25) is 0 Å². The van der Waals surface area contributed by atoms with Crippen LogP contribution >= 0.6 is 15.9 Å². The SMILES string of the molecule is OCc1ccnc(Oc2ccccc2Br)c1F. The van der Waals surface area contributed by atoms with Crippen molar-refractivity contribution in [2.75, 3.05) is 0 Å². The molecule has 0 spiro atoms. The first-order chi connectivity index (χ1) is 8.22. The van der Waals surface area contributed by atoms with Crippen LogP contribution in [0.5, 0.6) is 11.6 Å². The van der Waals surface area contributed by atoms with Crippen LogP contribution in [0.15, 0.2) is 41.0 Å². The second-order valence-corrected chi connectivity index (χ2v) is 4.13. The largest absolute Gasteiger partial charge is 0.435 e. The average molecular weight is 298 g/mol. The Bertz CT molecular complexity index is 534. The maximum Gasteiger partial charge on any atom is 0.256 e. The van der Waals surface area contributed by atoms with E-state index in [0.29, 0.717) is 10.2 Å². The molecule has 0 aliphatic heterocycles. The van der Waals surface area contributed by atoms with Gasteiger partial charge in [-0.3, -0.25) is 0 Å². The molecule has 0 saturated heterocycles. The Hall–Kier alpha value is -1.46. The molecule has 0 bridgehead atoms. The fraction of sp³-hybridized carbons (Fsp3) is 0.0833. The molecule has 0 atom stereocenters. The van der Waals surface area contributed by atoms with Crippen molar-refractivity contribution in [3.8, 4) is 11.6 Å². The summed E-state index contributed by atoms with van der Waals surface area (Å²) in [5.74, 6) is -0.330. The van der Waals surface area contributed by atoms with Gasteiger partial charge in [-0.15, -0.1) is 0 Å². The van der Waals surface area contributed by atoms with E-state index in [1.54, 1.807) is 18.2 Å². The number of hydrogen-bond donors (Lipinski definition) is 1. The molecule has 1 aromatic carbocycles. The summed E-state index contributed by atoms with van der Waals surface area (Å²) in [6.07, 6.45) is 1.39. The number of para-hydroxylation sites is 1. The van der Waals surface area contributed by atoms with Crippen molar-refractivity contribution in [2.45, 2.75) is 6.61 Å². The molecule has 5 heteroatoms. The quantitative estimate of drug-likeness (QED) is 0.945. The lowest BCUT2D eigenvalue weighted by Crippen LogP contribution is -1.97. The van der Waals surface area contributed by atoms with Crippen molar-refractivity contribution in [1.82, 2.24) is 4.98 Å². The Morgan fingerprint density at radius 2 is 2.06 bits per heavy atom. The molecule has 0 radical (unpaired) electrons. The summed E-state index contributed by atoms with van der Waals surface area (Å²) in [4.78, 5) is 3.79. The molecule has 17 heavy (non-hydrogen) atoms. The monoisotopic (exact) mass is 297 g/mol. The highest BCUT2D eigenvalue weighted by Crippen LogP contribution is 2.30. The van der Waals surface area contributed by atoms with E-state index in [1.807, 2.05) is 6.07 Å². The molecule has 3 nitrogen and oxygen atoms in total. The first-order valence-electron chi connectivity index (χ1n) is 4.89. The number of halogens is 2. The molecule has 0 fully saturated rings. The third-order valence-electron chi connectivity index (χ3n) is 2.15. The smallest absolute Gasteiger partial charge is 0.256 e.